The summed E-state index contributed by atoms with van der Waals surface area (Å²) in [5.41, 5.74) is 4.16. The number of aryl methyl sites for hydroxylation is 1. The molecule has 1 aromatic heterocycles. The first-order valence-electron chi connectivity index (χ1n) is 11.9. The molecule has 4 heterocycles. The molecule has 2 atom stereocenters. The van der Waals surface area contributed by atoms with Crippen molar-refractivity contribution >= 4 is 11.6 Å². The number of rotatable bonds is 4. The Balaban J connectivity index is 1.42. The number of amides is 1. The number of anilines is 1. The normalized spacial score (nSPS) is 21.7. The van der Waals surface area contributed by atoms with Gasteiger partial charge in [0.05, 0.1) is 30.6 Å². The molecule has 176 valence electrons. The quantitative estimate of drug-likeness (QED) is 0.634. The van der Waals surface area contributed by atoms with Gasteiger partial charge in [0.1, 0.15) is 6.17 Å². The third kappa shape index (κ3) is 3.77. The highest BCUT2D eigenvalue weighted by Crippen LogP contribution is 2.40. The Labute approximate surface area is 198 Å². The fourth-order valence-corrected chi connectivity index (χ4v) is 4.98. The number of carbonyl (C=O) groups excluding carboxylic acids is 1. The highest BCUT2D eigenvalue weighted by atomic mass is 16.5. The number of aromatic nitrogens is 2. The van der Waals surface area contributed by atoms with Gasteiger partial charge in [0.2, 0.25) is 0 Å². The Kier molecular flexibility index (Phi) is 5.37. The van der Waals surface area contributed by atoms with Crippen molar-refractivity contribution in [1.29, 1.82) is 0 Å². The first-order valence-corrected chi connectivity index (χ1v) is 11.9. The number of para-hydroxylation sites is 1. The van der Waals surface area contributed by atoms with E-state index >= 15 is 0 Å². The average Bonchev–Trinajstić information content (AvgIpc) is 3.44. The zero-order chi connectivity index (χ0) is 23.1. The van der Waals surface area contributed by atoms with E-state index in [2.05, 4.69) is 5.32 Å². The van der Waals surface area contributed by atoms with Crippen molar-refractivity contribution in [2.45, 2.75) is 31.5 Å². The molecule has 0 bridgehead atoms. The van der Waals surface area contributed by atoms with Crippen LogP contribution in [0.25, 0.3) is 11.3 Å². The predicted octanol–water partition coefficient (Wildman–Crippen LogP) is 3.99. The molecule has 3 aromatic rings. The Bertz CT molecular complexity index is 1220. The van der Waals surface area contributed by atoms with Crippen molar-refractivity contribution in [2.24, 2.45) is 7.05 Å². The molecule has 0 saturated carbocycles. The molecule has 3 aliphatic heterocycles. The molecule has 3 aliphatic rings. The lowest BCUT2D eigenvalue weighted by Crippen LogP contribution is -2.46. The fraction of sp³-hybridized carbons (Fsp3) is 0.385. The summed E-state index contributed by atoms with van der Waals surface area (Å²) >= 11 is 0. The SMILES string of the molecule is Cn1cc(C2Nc3ccccc3C(=O)N2CC2CCCO2)c(-c2ccc3c(c2)OCCCO3)n1. The molecule has 34 heavy (non-hydrogen) atoms. The van der Waals surface area contributed by atoms with Gasteiger partial charge in [-0.3, -0.25) is 9.48 Å². The molecule has 8 nitrogen and oxygen atoms in total. The second-order valence-corrected chi connectivity index (χ2v) is 9.00. The van der Waals surface area contributed by atoms with E-state index in [9.17, 15) is 4.79 Å². The van der Waals surface area contributed by atoms with Gasteiger partial charge in [0.25, 0.3) is 5.91 Å². The minimum atomic E-state index is -0.369. The lowest BCUT2D eigenvalue weighted by molar-refractivity contribution is 0.0427. The van der Waals surface area contributed by atoms with E-state index in [-0.39, 0.29) is 18.2 Å². The van der Waals surface area contributed by atoms with Gasteiger partial charge in [0.15, 0.2) is 11.5 Å². The first kappa shape index (κ1) is 21.0. The van der Waals surface area contributed by atoms with Gasteiger partial charge in [-0.15, -0.1) is 0 Å². The molecule has 1 fully saturated rings. The summed E-state index contributed by atoms with van der Waals surface area (Å²) in [6.45, 7) is 2.54. The zero-order valence-corrected chi connectivity index (χ0v) is 19.2. The van der Waals surface area contributed by atoms with E-state index < -0.39 is 0 Å². The van der Waals surface area contributed by atoms with Crippen LogP contribution in [-0.4, -0.2) is 53.1 Å². The van der Waals surface area contributed by atoms with Crippen molar-refractivity contribution in [3.8, 4) is 22.8 Å². The van der Waals surface area contributed by atoms with E-state index in [1.54, 1.807) is 4.68 Å². The molecule has 2 unspecified atom stereocenters. The van der Waals surface area contributed by atoms with Crippen molar-refractivity contribution in [1.82, 2.24) is 14.7 Å². The number of hydrogen-bond acceptors (Lipinski definition) is 6. The topological polar surface area (TPSA) is 77.9 Å². The Hall–Kier alpha value is -3.52. The standard InChI is InChI=1S/C26H28N4O4/c1-29-16-20(24(28-29)17-9-10-22-23(14-17)34-13-5-12-33-22)25-27-21-8-3-2-7-19(21)26(31)30(25)15-18-6-4-11-32-18/h2-3,7-10,14,16,18,25,27H,4-6,11-13,15H2,1H3. The highest BCUT2D eigenvalue weighted by molar-refractivity contribution is 6.02. The Morgan fingerprint density at radius 1 is 1.06 bits per heavy atom. The molecule has 0 aliphatic carbocycles. The number of carbonyl (C=O) groups is 1. The van der Waals surface area contributed by atoms with Crippen molar-refractivity contribution < 1.29 is 19.0 Å². The van der Waals surface area contributed by atoms with Crippen LogP contribution in [0.5, 0.6) is 11.5 Å². The molecule has 1 amide bonds. The maximum Gasteiger partial charge on any atom is 0.257 e. The summed E-state index contributed by atoms with van der Waals surface area (Å²) in [5.74, 6) is 1.47. The van der Waals surface area contributed by atoms with E-state index in [0.717, 1.165) is 59.9 Å². The number of nitrogens with zero attached hydrogens (tertiary/aromatic N) is 3. The minimum absolute atomic E-state index is 0.00307. The van der Waals surface area contributed by atoms with E-state index in [1.165, 1.54) is 0 Å². The fourth-order valence-electron chi connectivity index (χ4n) is 4.98. The first-order chi connectivity index (χ1) is 16.7. The predicted molar refractivity (Wildman–Crippen MR) is 127 cm³/mol. The maximum atomic E-state index is 13.6. The third-order valence-corrected chi connectivity index (χ3v) is 6.62. The van der Waals surface area contributed by atoms with Crippen LogP contribution in [-0.2, 0) is 11.8 Å². The largest absolute Gasteiger partial charge is 0.490 e. The maximum absolute atomic E-state index is 13.6. The summed E-state index contributed by atoms with van der Waals surface area (Å²) < 4.78 is 19.4. The number of nitrogens with one attached hydrogen (secondary N) is 1. The van der Waals surface area contributed by atoms with Crippen LogP contribution in [0.4, 0.5) is 5.69 Å². The van der Waals surface area contributed by atoms with E-state index in [0.29, 0.717) is 25.3 Å². The van der Waals surface area contributed by atoms with Crippen LogP contribution in [0, 0.1) is 0 Å². The number of benzene rings is 2. The second-order valence-electron chi connectivity index (χ2n) is 9.00. The summed E-state index contributed by atoms with van der Waals surface area (Å²) in [4.78, 5) is 15.5. The molecule has 1 saturated heterocycles. The summed E-state index contributed by atoms with van der Waals surface area (Å²) in [6.07, 6.45) is 4.49. The van der Waals surface area contributed by atoms with Crippen LogP contribution >= 0.6 is 0 Å². The molecule has 0 spiro atoms. The molecular formula is C26H28N4O4. The molecule has 8 heteroatoms. The van der Waals surface area contributed by atoms with Crippen LogP contribution in [0.15, 0.2) is 48.7 Å². The summed E-state index contributed by atoms with van der Waals surface area (Å²) in [7, 11) is 1.90. The van der Waals surface area contributed by atoms with Crippen LogP contribution < -0.4 is 14.8 Å². The zero-order valence-electron chi connectivity index (χ0n) is 19.2. The lowest BCUT2D eigenvalue weighted by Gasteiger charge is -2.39. The number of ether oxygens (including phenoxy) is 3. The number of hydrogen-bond donors (Lipinski definition) is 1. The molecule has 1 N–H and O–H groups in total. The Morgan fingerprint density at radius 2 is 1.91 bits per heavy atom. The average molecular weight is 461 g/mol. The molecule has 2 aromatic carbocycles. The summed E-state index contributed by atoms with van der Waals surface area (Å²) in [6, 6.07) is 13.6. The van der Waals surface area contributed by atoms with Crippen molar-refractivity contribution in [3.05, 3.63) is 59.8 Å². The Morgan fingerprint density at radius 3 is 2.76 bits per heavy atom. The second kappa shape index (κ2) is 8.68. The van der Waals surface area contributed by atoms with Crippen molar-refractivity contribution in [2.75, 3.05) is 31.7 Å². The smallest absolute Gasteiger partial charge is 0.257 e. The van der Waals surface area contributed by atoms with E-state index in [4.69, 9.17) is 19.3 Å². The van der Waals surface area contributed by atoms with E-state index in [1.807, 2.05) is 60.6 Å². The van der Waals surface area contributed by atoms with Gasteiger partial charge >= 0.3 is 0 Å². The van der Waals surface area contributed by atoms with Gasteiger partial charge < -0.3 is 24.4 Å². The third-order valence-electron chi connectivity index (χ3n) is 6.62. The van der Waals surface area contributed by atoms with Crippen LogP contribution in [0.3, 0.4) is 0 Å². The molecule has 0 radical (unpaired) electrons. The van der Waals surface area contributed by atoms with Gasteiger partial charge in [-0.25, -0.2) is 0 Å². The van der Waals surface area contributed by atoms with Crippen molar-refractivity contribution in [3.63, 3.8) is 0 Å². The minimum Gasteiger partial charge on any atom is -0.490 e. The number of fused-ring (bicyclic) bond motifs is 2. The van der Waals surface area contributed by atoms with Gasteiger partial charge in [-0.1, -0.05) is 12.1 Å². The molecular weight excluding hydrogens is 432 g/mol. The van der Waals surface area contributed by atoms with Gasteiger partial charge in [-0.2, -0.15) is 5.10 Å². The van der Waals surface area contributed by atoms with Gasteiger partial charge in [0, 0.05) is 49.6 Å². The summed E-state index contributed by atoms with van der Waals surface area (Å²) in [5, 5.41) is 8.39. The van der Waals surface area contributed by atoms with Crippen LogP contribution in [0.1, 0.15) is 41.3 Å². The van der Waals surface area contributed by atoms with Crippen LogP contribution in [0.2, 0.25) is 0 Å². The monoisotopic (exact) mass is 460 g/mol. The van der Waals surface area contributed by atoms with Gasteiger partial charge in [-0.05, 0) is 43.2 Å². The highest BCUT2D eigenvalue weighted by Gasteiger charge is 2.37. The lowest BCUT2D eigenvalue weighted by atomic mass is 10.00. The molecule has 6 rings (SSSR count).